The molecule has 1 atom stereocenters. The van der Waals surface area contributed by atoms with Crippen molar-refractivity contribution < 1.29 is 19.4 Å². The molecule has 120 valence electrons. The molecule has 23 heavy (non-hydrogen) atoms. The van der Waals surface area contributed by atoms with Crippen molar-refractivity contribution >= 4 is 23.5 Å². The topological polar surface area (TPSA) is 55.8 Å². The maximum absolute atomic E-state index is 11.3. The highest BCUT2D eigenvalue weighted by Gasteiger charge is 2.18. The van der Waals surface area contributed by atoms with Gasteiger partial charge in [0.2, 0.25) is 0 Å². The molecular weight excluding hydrogens is 316 g/mol. The Hall–Kier alpha value is -2.20. The van der Waals surface area contributed by atoms with Crippen LogP contribution in [0.4, 0.5) is 0 Å². The van der Waals surface area contributed by atoms with E-state index in [1.807, 2.05) is 13.0 Å². The number of hydrogen-bond donors (Lipinski definition) is 1. The van der Waals surface area contributed by atoms with Crippen molar-refractivity contribution in [2.75, 3.05) is 13.2 Å². The molecule has 1 heterocycles. The number of ether oxygens (including phenoxy) is 2. The van der Waals surface area contributed by atoms with Crippen molar-refractivity contribution in [2.24, 2.45) is 5.92 Å². The van der Waals surface area contributed by atoms with E-state index in [9.17, 15) is 9.90 Å². The minimum Gasteiger partial charge on any atom is -0.508 e. The lowest BCUT2D eigenvalue weighted by Gasteiger charge is -2.19. The van der Waals surface area contributed by atoms with Gasteiger partial charge in [0.1, 0.15) is 19.0 Å². The van der Waals surface area contributed by atoms with Crippen molar-refractivity contribution in [1.29, 1.82) is 0 Å². The van der Waals surface area contributed by atoms with E-state index >= 15 is 0 Å². The van der Waals surface area contributed by atoms with Crippen LogP contribution in [-0.2, 0) is 4.79 Å². The van der Waals surface area contributed by atoms with Crippen LogP contribution in [0, 0.1) is 5.92 Å². The van der Waals surface area contributed by atoms with Crippen molar-refractivity contribution in [2.45, 2.75) is 13.3 Å². The van der Waals surface area contributed by atoms with Gasteiger partial charge in [0.25, 0.3) is 0 Å². The summed E-state index contributed by atoms with van der Waals surface area (Å²) in [5.41, 5.74) is 1.56. The predicted octanol–water partition coefficient (Wildman–Crippen LogP) is 4.10. The minimum atomic E-state index is 0.000930. The lowest BCUT2D eigenvalue weighted by atomic mass is 9.89. The third-order valence-corrected chi connectivity index (χ3v) is 4.12. The monoisotopic (exact) mass is 332 g/mol. The van der Waals surface area contributed by atoms with Crippen molar-refractivity contribution in [3.8, 4) is 11.5 Å². The minimum absolute atomic E-state index is 0.000930. The number of carbonyl (C=O) groups is 1. The van der Waals surface area contributed by atoms with Gasteiger partial charge in [-0.2, -0.15) is 0 Å². The van der Waals surface area contributed by atoms with Gasteiger partial charge in [-0.25, -0.2) is 0 Å². The molecule has 0 saturated heterocycles. The Morgan fingerprint density at radius 3 is 2.87 bits per heavy atom. The Kier molecular flexibility index (Phi) is 4.44. The summed E-state index contributed by atoms with van der Waals surface area (Å²) >= 11 is 6.19. The van der Waals surface area contributed by atoms with E-state index in [1.165, 1.54) is 6.08 Å². The normalized spacial score (nSPS) is 22.5. The van der Waals surface area contributed by atoms with Gasteiger partial charge in [0, 0.05) is 6.42 Å². The second kappa shape index (κ2) is 6.50. The Labute approximate surface area is 139 Å². The van der Waals surface area contributed by atoms with Crippen LogP contribution in [0.1, 0.15) is 18.9 Å². The molecule has 0 unspecified atom stereocenters. The molecule has 2 aliphatic rings. The van der Waals surface area contributed by atoms with Crippen molar-refractivity contribution in [1.82, 2.24) is 0 Å². The lowest BCUT2D eigenvalue weighted by molar-refractivity contribution is -0.115. The summed E-state index contributed by atoms with van der Waals surface area (Å²) in [4.78, 5) is 11.3. The molecule has 0 aromatic heterocycles. The first-order valence-corrected chi connectivity index (χ1v) is 7.83. The quantitative estimate of drug-likeness (QED) is 0.828. The van der Waals surface area contributed by atoms with Crippen LogP contribution in [0.3, 0.4) is 0 Å². The van der Waals surface area contributed by atoms with E-state index in [-0.39, 0.29) is 17.5 Å². The van der Waals surface area contributed by atoms with E-state index in [1.54, 1.807) is 24.3 Å². The molecule has 3 rings (SSSR count). The van der Waals surface area contributed by atoms with Crippen LogP contribution in [0.25, 0.3) is 6.08 Å². The van der Waals surface area contributed by atoms with Gasteiger partial charge in [0.15, 0.2) is 17.3 Å². The van der Waals surface area contributed by atoms with Crippen LogP contribution in [-0.4, -0.2) is 24.1 Å². The number of aliphatic hydroxyl groups is 1. The molecule has 0 saturated carbocycles. The van der Waals surface area contributed by atoms with E-state index in [0.29, 0.717) is 36.2 Å². The number of allylic oxidation sites excluding steroid dienone is 4. The largest absolute Gasteiger partial charge is 0.508 e. The Morgan fingerprint density at radius 1 is 1.30 bits per heavy atom. The van der Waals surface area contributed by atoms with Crippen molar-refractivity contribution in [3.05, 3.63) is 52.3 Å². The van der Waals surface area contributed by atoms with Crippen LogP contribution in [0.2, 0.25) is 5.02 Å². The zero-order chi connectivity index (χ0) is 16.4. The fraction of sp³-hybridized carbons (Fsp3) is 0.278. The lowest BCUT2D eigenvalue weighted by Crippen LogP contribution is -2.15. The summed E-state index contributed by atoms with van der Waals surface area (Å²) in [6, 6.07) is 3.58. The molecule has 0 bridgehead atoms. The predicted molar refractivity (Wildman–Crippen MR) is 89.1 cm³/mol. The van der Waals surface area contributed by atoms with Gasteiger partial charge < -0.3 is 14.6 Å². The second-order valence-electron chi connectivity index (χ2n) is 5.61. The Bertz CT molecular complexity index is 731. The summed E-state index contributed by atoms with van der Waals surface area (Å²) in [5.74, 6) is 1.39. The van der Waals surface area contributed by atoms with E-state index in [2.05, 4.69) is 0 Å². The maximum atomic E-state index is 11.3. The SMILES string of the molecule is C[C@H]1CC(=O)C=CC1=C(O)/C=C/c1cc(Cl)c2c(c1)OCCO2. The number of rotatable bonds is 2. The molecule has 1 aromatic rings. The number of fused-ring (bicyclic) bond motifs is 1. The molecular formula is C18H17ClO4. The summed E-state index contributed by atoms with van der Waals surface area (Å²) in [6.07, 6.45) is 6.95. The summed E-state index contributed by atoms with van der Waals surface area (Å²) in [7, 11) is 0. The number of aliphatic hydroxyl groups excluding tert-OH is 1. The number of benzene rings is 1. The van der Waals surface area contributed by atoms with Gasteiger partial charge >= 0.3 is 0 Å². The van der Waals surface area contributed by atoms with Gasteiger partial charge in [-0.05, 0) is 41.3 Å². The Morgan fingerprint density at radius 2 is 2.09 bits per heavy atom. The van der Waals surface area contributed by atoms with Crippen LogP contribution in [0.5, 0.6) is 11.5 Å². The zero-order valence-corrected chi connectivity index (χ0v) is 13.5. The summed E-state index contributed by atoms with van der Waals surface area (Å²) < 4.78 is 11.0. The number of halogens is 1. The van der Waals surface area contributed by atoms with E-state index < -0.39 is 0 Å². The second-order valence-corrected chi connectivity index (χ2v) is 6.01. The number of ketones is 1. The fourth-order valence-corrected chi connectivity index (χ4v) is 2.94. The highest BCUT2D eigenvalue weighted by Crippen LogP contribution is 2.38. The fourth-order valence-electron chi connectivity index (χ4n) is 2.66. The summed E-state index contributed by atoms with van der Waals surface area (Å²) in [5, 5.41) is 10.7. The molecule has 1 aliphatic carbocycles. The van der Waals surface area contributed by atoms with Gasteiger partial charge in [-0.15, -0.1) is 0 Å². The molecule has 1 N–H and O–H groups in total. The van der Waals surface area contributed by atoms with Crippen LogP contribution < -0.4 is 9.47 Å². The first-order valence-electron chi connectivity index (χ1n) is 7.46. The molecule has 4 nitrogen and oxygen atoms in total. The van der Waals surface area contributed by atoms with E-state index in [4.69, 9.17) is 21.1 Å². The molecule has 0 fully saturated rings. The van der Waals surface area contributed by atoms with Crippen LogP contribution >= 0.6 is 11.6 Å². The standard InChI is InChI=1S/C18H17ClO4/c1-11-8-13(20)3-4-14(11)16(21)5-2-12-9-15(19)18-17(10-12)22-6-7-23-18/h2-5,9-11,21H,6-8H2,1H3/b5-2+,16-14?/t11-/m0/s1. The van der Waals surface area contributed by atoms with Gasteiger partial charge in [-0.3, -0.25) is 4.79 Å². The first kappa shape index (κ1) is 15.7. The maximum Gasteiger partial charge on any atom is 0.179 e. The Balaban J connectivity index is 1.87. The highest BCUT2D eigenvalue weighted by molar-refractivity contribution is 6.32. The first-order chi connectivity index (χ1) is 11.0. The van der Waals surface area contributed by atoms with E-state index in [0.717, 1.165) is 11.1 Å². The zero-order valence-electron chi connectivity index (χ0n) is 12.7. The van der Waals surface area contributed by atoms with Crippen LogP contribution in [0.15, 0.2) is 41.7 Å². The van der Waals surface area contributed by atoms with Gasteiger partial charge in [-0.1, -0.05) is 30.7 Å². The average molecular weight is 333 g/mol. The molecule has 0 radical (unpaired) electrons. The molecule has 0 spiro atoms. The number of hydrogen-bond acceptors (Lipinski definition) is 4. The third kappa shape index (κ3) is 3.42. The number of carbonyl (C=O) groups excluding carboxylic acids is 1. The third-order valence-electron chi connectivity index (χ3n) is 3.84. The molecule has 1 aliphatic heterocycles. The van der Waals surface area contributed by atoms with Gasteiger partial charge in [0.05, 0.1) is 5.02 Å². The smallest absolute Gasteiger partial charge is 0.179 e. The average Bonchev–Trinajstić information content (AvgIpc) is 2.53. The molecule has 5 heteroatoms. The highest BCUT2D eigenvalue weighted by atomic mass is 35.5. The van der Waals surface area contributed by atoms with Crippen molar-refractivity contribution in [3.63, 3.8) is 0 Å². The molecule has 1 aromatic carbocycles. The summed E-state index contributed by atoms with van der Waals surface area (Å²) in [6.45, 7) is 2.89. The molecule has 0 amide bonds.